The largest absolute Gasteiger partial charge is 0.298 e. The van der Waals surface area contributed by atoms with Crippen molar-refractivity contribution in [2.45, 2.75) is 17.9 Å². The molecule has 2 heterocycles. The minimum Gasteiger partial charge on any atom is -0.298 e. The predicted molar refractivity (Wildman–Crippen MR) is 117 cm³/mol. The highest BCUT2D eigenvalue weighted by Crippen LogP contribution is 2.24. The molecule has 7 nitrogen and oxygen atoms in total. The first-order chi connectivity index (χ1) is 14.3. The Balaban J connectivity index is 1.53. The van der Waals surface area contributed by atoms with Gasteiger partial charge in [-0.3, -0.25) is 14.3 Å². The van der Waals surface area contributed by atoms with E-state index in [1.807, 2.05) is 25.1 Å². The molecule has 1 aliphatic rings. The highest BCUT2D eigenvalue weighted by molar-refractivity contribution is 7.89. The van der Waals surface area contributed by atoms with E-state index < -0.39 is 10.0 Å². The summed E-state index contributed by atoms with van der Waals surface area (Å²) in [7, 11) is -1.83. The zero-order chi connectivity index (χ0) is 21.5. The molecule has 158 valence electrons. The SMILES string of the molecule is CC(c1nc2ccccc2c(=O)n1C)N1CCN(S(=O)(=O)c2ccc(Cl)cc2)CC1. The Morgan fingerprint density at radius 2 is 1.63 bits per heavy atom. The van der Waals surface area contributed by atoms with Gasteiger partial charge in [-0.15, -0.1) is 0 Å². The lowest BCUT2D eigenvalue weighted by atomic mass is 10.2. The highest BCUT2D eigenvalue weighted by atomic mass is 35.5. The second-order valence-corrected chi connectivity index (χ2v) is 9.80. The van der Waals surface area contributed by atoms with Crippen molar-refractivity contribution in [1.29, 1.82) is 0 Å². The minimum atomic E-state index is -3.56. The van der Waals surface area contributed by atoms with Crippen LogP contribution in [0.2, 0.25) is 5.02 Å². The molecule has 0 saturated carbocycles. The van der Waals surface area contributed by atoms with Crippen molar-refractivity contribution in [3.05, 3.63) is 69.7 Å². The summed E-state index contributed by atoms with van der Waals surface area (Å²) in [5.41, 5.74) is 0.595. The number of aromatic nitrogens is 2. The van der Waals surface area contributed by atoms with Gasteiger partial charge in [0.25, 0.3) is 5.56 Å². The van der Waals surface area contributed by atoms with Crippen molar-refractivity contribution in [1.82, 2.24) is 18.8 Å². The Morgan fingerprint density at radius 1 is 1.00 bits per heavy atom. The molecule has 0 radical (unpaired) electrons. The van der Waals surface area contributed by atoms with Gasteiger partial charge >= 0.3 is 0 Å². The van der Waals surface area contributed by atoms with E-state index in [1.165, 1.54) is 16.4 Å². The fourth-order valence-electron chi connectivity index (χ4n) is 3.86. The average molecular weight is 447 g/mol. The highest BCUT2D eigenvalue weighted by Gasteiger charge is 2.31. The third-order valence-corrected chi connectivity index (χ3v) is 7.83. The fraction of sp³-hybridized carbons (Fsp3) is 0.333. The van der Waals surface area contributed by atoms with Gasteiger partial charge in [0.05, 0.1) is 21.8 Å². The number of sulfonamides is 1. The summed E-state index contributed by atoms with van der Waals surface area (Å²) >= 11 is 5.87. The minimum absolute atomic E-state index is 0.0774. The molecule has 4 rings (SSSR count). The van der Waals surface area contributed by atoms with Crippen molar-refractivity contribution >= 4 is 32.5 Å². The van der Waals surface area contributed by atoms with Crippen LogP contribution in [-0.4, -0.2) is 53.4 Å². The molecule has 0 aliphatic carbocycles. The van der Waals surface area contributed by atoms with E-state index in [9.17, 15) is 13.2 Å². The van der Waals surface area contributed by atoms with Crippen molar-refractivity contribution in [3.63, 3.8) is 0 Å². The normalized spacial score (nSPS) is 17.3. The molecule has 9 heteroatoms. The van der Waals surface area contributed by atoms with Crippen LogP contribution in [0.3, 0.4) is 0 Å². The summed E-state index contributed by atoms with van der Waals surface area (Å²) in [5.74, 6) is 0.674. The summed E-state index contributed by atoms with van der Waals surface area (Å²) in [6.07, 6.45) is 0. The summed E-state index contributed by atoms with van der Waals surface area (Å²) in [5, 5.41) is 1.09. The Morgan fingerprint density at radius 3 is 2.30 bits per heavy atom. The van der Waals surface area contributed by atoms with Gasteiger partial charge < -0.3 is 0 Å². The molecule has 1 fully saturated rings. The molecule has 1 unspecified atom stereocenters. The molecule has 3 aromatic rings. The van der Waals surface area contributed by atoms with Gasteiger partial charge in [0, 0.05) is 38.2 Å². The van der Waals surface area contributed by atoms with Crippen LogP contribution >= 0.6 is 11.6 Å². The van der Waals surface area contributed by atoms with Gasteiger partial charge in [-0.2, -0.15) is 4.31 Å². The van der Waals surface area contributed by atoms with E-state index in [0.29, 0.717) is 47.9 Å². The van der Waals surface area contributed by atoms with Crippen LogP contribution in [0.15, 0.2) is 58.2 Å². The summed E-state index contributed by atoms with van der Waals surface area (Å²) in [4.78, 5) is 19.8. The smallest absolute Gasteiger partial charge is 0.261 e. The molecule has 1 aliphatic heterocycles. The van der Waals surface area contributed by atoms with Crippen LogP contribution in [-0.2, 0) is 17.1 Å². The molecule has 0 spiro atoms. The van der Waals surface area contributed by atoms with Gasteiger partial charge in [0.2, 0.25) is 10.0 Å². The van der Waals surface area contributed by atoms with Crippen molar-refractivity contribution in [2.24, 2.45) is 7.05 Å². The van der Waals surface area contributed by atoms with Crippen LogP contribution in [0.4, 0.5) is 0 Å². The van der Waals surface area contributed by atoms with Gasteiger partial charge in [-0.1, -0.05) is 23.7 Å². The summed E-state index contributed by atoms with van der Waals surface area (Å²) in [6, 6.07) is 13.4. The van der Waals surface area contributed by atoms with Crippen LogP contribution in [0, 0.1) is 0 Å². The molecule has 1 saturated heterocycles. The molecule has 1 atom stereocenters. The molecule has 0 N–H and O–H groups in total. The van der Waals surface area contributed by atoms with E-state index in [-0.39, 0.29) is 16.5 Å². The third-order valence-electron chi connectivity index (χ3n) is 5.66. The second kappa shape index (κ2) is 8.11. The van der Waals surface area contributed by atoms with Crippen molar-refractivity contribution in [2.75, 3.05) is 26.2 Å². The van der Waals surface area contributed by atoms with E-state index >= 15 is 0 Å². The molecule has 2 aromatic carbocycles. The number of para-hydroxylation sites is 1. The number of hydrogen-bond donors (Lipinski definition) is 0. The number of fused-ring (bicyclic) bond motifs is 1. The van der Waals surface area contributed by atoms with E-state index in [4.69, 9.17) is 16.6 Å². The topological polar surface area (TPSA) is 75.5 Å². The number of benzene rings is 2. The van der Waals surface area contributed by atoms with E-state index in [0.717, 1.165) is 0 Å². The Labute approximate surface area is 180 Å². The zero-order valence-corrected chi connectivity index (χ0v) is 18.4. The summed E-state index contributed by atoms with van der Waals surface area (Å²) in [6.45, 7) is 3.85. The van der Waals surface area contributed by atoms with Crippen LogP contribution in [0.1, 0.15) is 18.8 Å². The molecule has 1 aromatic heterocycles. The second-order valence-electron chi connectivity index (χ2n) is 7.42. The maximum Gasteiger partial charge on any atom is 0.261 e. The van der Waals surface area contributed by atoms with Crippen LogP contribution in [0.25, 0.3) is 10.9 Å². The standard InChI is InChI=1S/C21H23ClN4O3S/c1-15(20-23-19-6-4-3-5-18(19)21(27)24(20)2)25-11-13-26(14-12-25)30(28,29)17-9-7-16(22)8-10-17/h3-10,15H,11-14H2,1-2H3. The summed E-state index contributed by atoms with van der Waals surface area (Å²) < 4.78 is 28.9. The molecule has 0 amide bonds. The quantitative estimate of drug-likeness (QED) is 0.615. The maximum atomic E-state index is 12.9. The fourth-order valence-corrected chi connectivity index (χ4v) is 5.41. The average Bonchev–Trinajstić information content (AvgIpc) is 2.76. The first-order valence-electron chi connectivity index (χ1n) is 9.74. The lowest BCUT2D eigenvalue weighted by Gasteiger charge is -2.37. The maximum absolute atomic E-state index is 12.9. The van der Waals surface area contributed by atoms with Gasteiger partial charge in [-0.05, 0) is 43.3 Å². The van der Waals surface area contributed by atoms with Crippen LogP contribution in [0.5, 0.6) is 0 Å². The lowest BCUT2D eigenvalue weighted by Crippen LogP contribution is -2.49. The number of hydrogen-bond acceptors (Lipinski definition) is 5. The Hall–Kier alpha value is -2.26. The van der Waals surface area contributed by atoms with Crippen molar-refractivity contribution in [3.8, 4) is 0 Å². The van der Waals surface area contributed by atoms with E-state index in [2.05, 4.69) is 4.90 Å². The molecule has 0 bridgehead atoms. The number of rotatable bonds is 4. The first kappa shape index (κ1) is 21.0. The lowest BCUT2D eigenvalue weighted by molar-refractivity contribution is 0.139. The van der Waals surface area contributed by atoms with Crippen molar-refractivity contribution < 1.29 is 8.42 Å². The van der Waals surface area contributed by atoms with Gasteiger partial charge in [0.1, 0.15) is 5.82 Å². The zero-order valence-electron chi connectivity index (χ0n) is 16.8. The molecular weight excluding hydrogens is 424 g/mol. The molecular formula is C21H23ClN4O3S. The monoisotopic (exact) mass is 446 g/mol. The van der Waals surface area contributed by atoms with Gasteiger partial charge in [-0.25, -0.2) is 13.4 Å². The van der Waals surface area contributed by atoms with Gasteiger partial charge in [0.15, 0.2) is 0 Å². The molecule has 30 heavy (non-hydrogen) atoms. The number of piperazine rings is 1. The van der Waals surface area contributed by atoms with E-state index in [1.54, 1.807) is 29.8 Å². The third kappa shape index (κ3) is 3.76. The Kier molecular flexibility index (Phi) is 5.67. The number of nitrogens with zero attached hydrogens (tertiary/aromatic N) is 4. The first-order valence-corrected chi connectivity index (χ1v) is 11.6. The predicted octanol–water partition coefficient (Wildman–Crippen LogP) is 2.65. The van der Waals surface area contributed by atoms with Crippen LogP contribution < -0.4 is 5.56 Å². The Bertz CT molecular complexity index is 1230. The number of halogens is 1.